The number of rotatable bonds is 1. The van der Waals surface area contributed by atoms with Gasteiger partial charge in [-0.25, -0.2) is 0 Å². The summed E-state index contributed by atoms with van der Waals surface area (Å²) >= 11 is 3.36. The molecule has 1 heterocycles. The molecule has 0 aromatic heterocycles. The van der Waals surface area contributed by atoms with E-state index in [1.807, 2.05) is 37.8 Å². The fourth-order valence-electron chi connectivity index (χ4n) is 2.36. The number of nitrogens with zero attached hydrogens (tertiary/aromatic N) is 2. The summed E-state index contributed by atoms with van der Waals surface area (Å²) in [7, 11) is 0. The summed E-state index contributed by atoms with van der Waals surface area (Å²) in [5, 5.41) is 0. The first-order valence-corrected chi connectivity index (χ1v) is 7.43. The maximum Gasteiger partial charge on any atom is 0.254 e. The van der Waals surface area contributed by atoms with Gasteiger partial charge in [0.15, 0.2) is 0 Å². The second kappa shape index (κ2) is 5.56. The summed E-state index contributed by atoms with van der Waals surface area (Å²) in [5.74, 6) is -0.0831. The number of halogens is 1. The lowest BCUT2D eigenvalue weighted by Gasteiger charge is -2.42. The molecule has 0 bridgehead atoms. The quantitative estimate of drug-likeness (QED) is 0.789. The van der Waals surface area contributed by atoms with Crippen LogP contribution in [0.2, 0.25) is 0 Å². The fourth-order valence-corrected chi connectivity index (χ4v) is 2.76. The summed E-state index contributed by atoms with van der Waals surface area (Å²) < 4.78 is 0.864. The maximum atomic E-state index is 12.4. The Morgan fingerprint density at radius 3 is 2.50 bits per heavy atom. The van der Waals surface area contributed by atoms with Crippen molar-refractivity contribution in [3.8, 4) is 0 Å². The largest absolute Gasteiger partial charge is 0.335 e. The van der Waals surface area contributed by atoms with Gasteiger partial charge in [0.05, 0.1) is 0 Å². The standard InChI is InChI=1S/C15H19BrN2O2/c1-15(2,3)18-8-7-17(10-13(18)19)14(20)11-5-4-6-12(16)9-11/h4-6,9H,7-8,10H2,1-3H3. The Hall–Kier alpha value is -1.36. The molecule has 20 heavy (non-hydrogen) atoms. The molecule has 1 saturated heterocycles. The Balaban J connectivity index is 2.10. The lowest BCUT2D eigenvalue weighted by atomic mass is 10.0. The van der Waals surface area contributed by atoms with Crippen LogP contribution in [0.3, 0.4) is 0 Å². The van der Waals surface area contributed by atoms with Crippen LogP contribution in [-0.2, 0) is 4.79 Å². The fraction of sp³-hybridized carbons (Fsp3) is 0.467. The molecule has 1 aromatic carbocycles. The molecule has 1 fully saturated rings. The van der Waals surface area contributed by atoms with Crippen LogP contribution in [-0.4, -0.2) is 46.8 Å². The van der Waals surface area contributed by atoms with E-state index < -0.39 is 0 Å². The molecule has 5 heteroatoms. The van der Waals surface area contributed by atoms with Crippen molar-refractivity contribution < 1.29 is 9.59 Å². The SMILES string of the molecule is CC(C)(C)N1CCN(C(=O)c2cccc(Br)c2)CC1=O. The molecule has 0 radical (unpaired) electrons. The van der Waals surface area contributed by atoms with Gasteiger partial charge in [-0.2, -0.15) is 0 Å². The first-order chi connectivity index (χ1) is 9.29. The molecule has 0 aliphatic carbocycles. The number of hydrogen-bond acceptors (Lipinski definition) is 2. The normalized spacial score (nSPS) is 16.5. The Labute approximate surface area is 127 Å². The molecule has 2 amide bonds. The molecular formula is C15H19BrN2O2. The lowest BCUT2D eigenvalue weighted by molar-refractivity contribution is -0.140. The van der Waals surface area contributed by atoms with Crippen molar-refractivity contribution in [1.29, 1.82) is 0 Å². The number of carbonyl (C=O) groups excluding carboxylic acids is 2. The summed E-state index contributed by atoms with van der Waals surface area (Å²) in [6.45, 7) is 7.35. The highest BCUT2D eigenvalue weighted by Gasteiger charge is 2.33. The van der Waals surface area contributed by atoms with Crippen LogP contribution < -0.4 is 0 Å². The predicted molar refractivity (Wildman–Crippen MR) is 81.5 cm³/mol. The van der Waals surface area contributed by atoms with Gasteiger partial charge >= 0.3 is 0 Å². The number of amides is 2. The van der Waals surface area contributed by atoms with Crippen LogP contribution in [0.5, 0.6) is 0 Å². The van der Waals surface area contributed by atoms with Crippen LogP contribution in [0.4, 0.5) is 0 Å². The Morgan fingerprint density at radius 2 is 1.95 bits per heavy atom. The van der Waals surface area contributed by atoms with Crippen molar-refractivity contribution in [2.24, 2.45) is 0 Å². The molecule has 0 saturated carbocycles. The van der Waals surface area contributed by atoms with Gasteiger partial charge in [-0.3, -0.25) is 9.59 Å². The minimum atomic E-state index is -0.192. The average molecular weight is 339 g/mol. The van der Waals surface area contributed by atoms with Gasteiger partial charge < -0.3 is 9.80 Å². The van der Waals surface area contributed by atoms with E-state index in [1.54, 1.807) is 17.0 Å². The van der Waals surface area contributed by atoms with Crippen molar-refractivity contribution in [3.63, 3.8) is 0 Å². The smallest absolute Gasteiger partial charge is 0.254 e. The van der Waals surface area contributed by atoms with Crippen molar-refractivity contribution in [2.75, 3.05) is 19.6 Å². The van der Waals surface area contributed by atoms with Gasteiger partial charge in [0.2, 0.25) is 5.91 Å². The Kier molecular flexibility index (Phi) is 4.18. The maximum absolute atomic E-state index is 12.4. The summed E-state index contributed by atoms with van der Waals surface area (Å²) in [5.41, 5.74) is 0.415. The van der Waals surface area contributed by atoms with E-state index in [0.29, 0.717) is 18.7 Å². The summed E-state index contributed by atoms with van der Waals surface area (Å²) in [6, 6.07) is 7.25. The van der Waals surface area contributed by atoms with E-state index in [9.17, 15) is 9.59 Å². The summed E-state index contributed by atoms with van der Waals surface area (Å²) in [6.07, 6.45) is 0. The highest BCUT2D eigenvalue weighted by atomic mass is 79.9. The molecule has 0 spiro atoms. The van der Waals surface area contributed by atoms with Crippen molar-refractivity contribution in [2.45, 2.75) is 26.3 Å². The van der Waals surface area contributed by atoms with Gasteiger partial charge in [0, 0.05) is 28.7 Å². The zero-order valence-corrected chi connectivity index (χ0v) is 13.6. The molecule has 0 atom stereocenters. The van der Waals surface area contributed by atoms with Crippen LogP contribution in [0, 0.1) is 0 Å². The van der Waals surface area contributed by atoms with Gasteiger partial charge in [-0.1, -0.05) is 22.0 Å². The molecule has 4 nitrogen and oxygen atoms in total. The lowest BCUT2D eigenvalue weighted by Crippen LogP contribution is -2.58. The first kappa shape index (κ1) is 15.0. The van der Waals surface area contributed by atoms with Crippen LogP contribution >= 0.6 is 15.9 Å². The molecule has 1 aliphatic heterocycles. The molecule has 0 N–H and O–H groups in total. The third kappa shape index (κ3) is 3.20. The van der Waals surface area contributed by atoms with Crippen LogP contribution in [0.1, 0.15) is 31.1 Å². The van der Waals surface area contributed by atoms with Crippen molar-refractivity contribution in [1.82, 2.24) is 9.80 Å². The Bertz CT molecular complexity index is 537. The molecular weight excluding hydrogens is 320 g/mol. The minimum absolute atomic E-state index is 0.00657. The zero-order chi connectivity index (χ0) is 14.9. The van der Waals surface area contributed by atoms with Gasteiger partial charge in [-0.05, 0) is 39.0 Å². The molecule has 1 aromatic rings. The van der Waals surface area contributed by atoms with E-state index in [0.717, 1.165) is 4.47 Å². The molecule has 108 valence electrons. The average Bonchev–Trinajstić information content (AvgIpc) is 2.36. The van der Waals surface area contributed by atoms with E-state index in [-0.39, 0.29) is 23.9 Å². The highest BCUT2D eigenvalue weighted by Crippen LogP contribution is 2.19. The third-order valence-electron chi connectivity index (χ3n) is 3.39. The third-order valence-corrected chi connectivity index (χ3v) is 3.88. The first-order valence-electron chi connectivity index (χ1n) is 6.64. The Morgan fingerprint density at radius 1 is 1.25 bits per heavy atom. The van der Waals surface area contributed by atoms with Crippen molar-refractivity contribution in [3.05, 3.63) is 34.3 Å². The zero-order valence-electron chi connectivity index (χ0n) is 12.0. The monoisotopic (exact) mass is 338 g/mol. The van der Waals surface area contributed by atoms with Crippen LogP contribution in [0.15, 0.2) is 28.7 Å². The number of piperazine rings is 1. The summed E-state index contributed by atoms with van der Waals surface area (Å²) in [4.78, 5) is 28.0. The highest BCUT2D eigenvalue weighted by molar-refractivity contribution is 9.10. The van der Waals surface area contributed by atoms with Gasteiger partial charge in [0.1, 0.15) is 6.54 Å². The topological polar surface area (TPSA) is 40.6 Å². The number of carbonyl (C=O) groups is 2. The number of hydrogen-bond donors (Lipinski definition) is 0. The van der Waals surface area contributed by atoms with E-state index in [1.165, 1.54) is 0 Å². The molecule has 0 unspecified atom stereocenters. The molecule has 1 aliphatic rings. The second-order valence-corrected chi connectivity index (χ2v) is 6.87. The molecule has 2 rings (SSSR count). The van der Waals surface area contributed by atoms with E-state index in [2.05, 4.69) is 15.9 Å². The van der Waals surface area contributed by atoms with E-state index >= 15 is 0 Å². The van der Waals surface area contributed by atoms with Gasteiger partial charge in [-0.15, -0.1) is 0 Å². The van der Waals surface area contributed by atoms with Crippen LogP contribution in [0.25, 0.3) is 0 Å². The number of benzene rings is 1. The van der Waals surface area contributed by atoms with Gasteiger partial charge in [0.25, 0.3) is 5.91 Å². The minimum Gasteiger partial charge on any atom is -0.335 e. The predicted octanol–water partition coefficient (Wildman–Crippen LogP) is 2.53. The van der Waals surface area contributed by atoms with Crippen molar-refractivity contribution >= 4 is 27.7 Å². The van der Waals surface area contributed by atoms with E-state index in [4.69, 9.17) is 0 Å². The second-order valence-electron chi connectivity index (χ2n) is 5.95.